The summed E-state index contributed by atoms with van der Waals surface area (Å²) in [5.41, 5.74) is 7.79. The van der Waals surface area contributed by atoms with Gasteiger partial charge in [-0.1, -0.05) is 36.4 Å². The minimum Gasteiger partial charge on any atom is -0.456 e. The number of ether oxygens (including phenoxy) is 2. The number of anilines is 1. The highest BCUT2D eigenvalue weighted by Gasteiger charge is 2.23. The summed E-state index contributed by atoms with van der Waals surface area (Å²) in [6, 6.07) is 26.0. The lowest BCUT2D eigenvalue weighted by molar-refractivity contribution is 0.122. The third kappa shape index (κ3) is 4.74. The van der Waals surface area contributed by atoms with Crippen LogP contribution in [-0.4, -0.2) is 31.3 Å². The molecule has 6 heteroatoms. The van der Waals surface area contributed by atoms with Crippen LogP contribution < -0.4 is 15.2 Å². The van der Waals surface area contributed by atoms with Crippen molar-refractivity contribution in [3.05, 3.63) is 111 Å². The van der Waals surface area contributed by atoms with Gasteiger partial charge in [-0.25, -0.2) is 0 Å². The summed E-state index contributed by atoms with van der Waals surface area (Å²) >= 11 is 0. The zero-order chi connectivity index (χ0) is 25.2. The van der Waals surface area contributed by atoms with Crippen molar-refractivity contribution in [1.29, 1.82) is 5.26 Å². The molecule has 6 nitrogen and oxygen atoms in total. The first-order valence-electron chi connectivity index (χ1n) is 12.6. The van der Waals surface area contributed by atoms with Crippen LogP contribution in [0, 0.1) is 11.3 Å². The van der Waals surface area contributed by atoms with Crippen LogP contribution >= 0.6 is 0 Å². The molecule has 0 bridgehead atoms. The Bertz CT molecular complexity index is 1560. The van der Waals surface area contributed by atoms with Crippen molar-refractivity contribution in [3.63, 3.8) is 0 Å². The molecule has 0 aliphatic carbocycles. The third-order valence-electron chi connectivity index (χ3n) is 7.14. The molecule has 1 saturated heterocycles. The molecule has 6 rings (SSSR count). The van der Waals surface area contributed by atoms with E-state index in [1.54, 1.807) is 6.07 Å². The number of fused-ring (bicyclic) bond motifs is 2. The first-order valence-corrected chi connectivity index (χ1v) is 12.6. The van der Waals surface area contributed by atoms with Crippen molar-refractivity contribution in [3.8, 4) is 28.8 Å². The molecule has 1 N–H and O–H groups in total. The average molecular weight is 490 g/mol. The Morgan fingerprint density at radius 3 is 2.65 bits per heavy atom. The molecule has 0 spiro atoms. The van der Waals surface area contributed by atoms with Gasteiger partial charge in [0.1, 0.15) is 11.5 Å². The van der Waals surface area contributed by atoms with Crippen molar-refractivity contribution in [2.45, 2.75) is 19.3 Å². The Labute approximate surface area is 215 Å². The van der Waals surface area contributed by atoms with E-state index in [9.17, 15) is 10.1 Å². The molecule has 0 saturated carbocycles. The highest BCUT2D eigenvalue weighted by molar-refractivity contribution is 5.74. The minimum absolute atomic E-state index is 0.129. The maximum Gasteiger partial charge on any atom is 0.250 e. The SMILES string of the molecule is N#Cc1cccc(CCc2cccc3c2Cc2cccc(-c4cc(N5CCOCC5)cc(=O)[nH]4)c2O3)c1. The molecule has 0 radical (unpaired) electrons. The maximum atomic E-state index is 12.6. The first-order chi connectivity index (χ1) is 18.2. The number of pyridine rings is 1. The number of hydrogen-bond acceptors (Lipinski definition) is 5. The second kappa shape index (κ2) is 9.96. The molecule has 1 fully saturated rings. The zero-order valence-electron chi connectivity index (χ0n) is 20.5. The predicted molar refractivity (Wildman–Crippen MR) is 143 cm³/mol. The van der Waals surface area contributed by atoms with Crippen LogP contribution in [-0.2, 0) is 24.0 Å². The van der Waals surface area contributed by atoms with Gasteiger partial charge in [0.15, 0.2) is 0 Å². The number of aromatic nitrogens is 1. The standard InChI is InChI=1S/C31H27N3O3/c32-20-22-5-1-4-21(16-22)10-11-23-6-3-9-29-27(23)17-24-7-2-8-26(31(24)37-29)28-18-25(19-30(35)33-28)34-12-14-36-15-13-34/h1-9,16,18-19H,10-15,17H2,(H,33,35). The number of H-pyrrole nitrogens is 1. The minimum atomic E-state index is -0.129. The van der Waals surface area contributed by atoms with E-state index in [1.807, 2.05) is 48.5 Å². The first kappa shape index (κ1) is 23.1. The second-order valence-electron chi connectivity index (χ2n) is 9.49. The van der Waals surface area contributed by atoms with Gasteiger partial charge in [0.25, 0.3) is 0 Å². The number of hydrogen-bond donors (Lipinski definition) is 1. The highest BCUT2D eigenvalue weighted by Crippen LogP contribution is 2.43. The van der Waals surface area contributed by atoms with Gasteiger partial charge in [-0.15, -0.1) is 0 Å². The van der Waals surface area contributed by atoms with Crippen LogP contribution in [0.4, 0.5) is 5.69 Å². The van der Waals surface area contributed by atoms with E-state index < -0.39 is 0 Å². The van der Waals surface area contributed by atoms with Gasteiger partial charge in [0.2, 0.25) is 5.56 Å². The molecule has 4 aromatic rings. The van der Waals surface area contributed by atoms with E-state index in [2.05, 4.69) is 34.2 Å². The van der Waals surface area contributed by atoms with Gasteiger partial charge >= 0.3 is 0 Å². The smallest absolute Gasteiger partial charge is 0.250 e. The van der Waals surface area contributed by atoms with Gasteiger partial charge < -0.3 is 19.4 Å². The van der Waals surface area contributed by atoms with Crippen molar-refractivity contribution >= 4 is 5.69 Å². The van der Waals surface area contributed by atoms with E-state index in [4.69, 9.17) is 9.47 Å². The molecule has 0 atom stereocenters. The normalized spacial score (nSPS) is 14.3. The number of morpholine rings is 1. The van der Waals surface area contributed by atoms with Gasteiger partial charge in [-0.3, -0.25) is 4.79 Å². The van der Waals surface area contributed by atoms with Crippen LogP contribution in [0.1, 0.15) is 27.8 Å². The van der Waals surface area contributed by atoms with Crippen LogP contribution in [0.25, 0.3) is 11.3 Å². The fraction of sp³-hybridized carbons (Fsp3) is 0.226. The molecule has 2 aliphatic heterocycles. The van der Waals surface area contributed by atoms with Crippen LogP contribution in [0.5, 0.6) is 11.5 Å². The molecular formula is C31H27N3O3. The molecule has 3 heterocycles. The molecule has 184 valence electrons. The molecule has 3 aromatic carbocycles. The average Bonchev–Trinajstić information content (AvgIpc) is 2.95. The Kier molecular flexibility index (Phi) is 6.21. The zero-order valence-corrected chi connectivity index (χ0v) is 20.5. The highest BCUT2D eigenvalue weighted by atomic mass is 16.5. The Morgan fingerprint density at radius 1 is 0.946 bits per heavy atom. The summed E-state index contributed by atoms with van der Waals surface area (Å²) < 4.78 is 12.0. The van der Waals surface area contributed by atoms with E-state index >= 15 is 0 Å². The number of nitrogens with zero attached hydrogens (tertiary/aromatic N) is 2. The monoisotopic (exact) mass is 489 g/mol. The number of benzene rings is 3. The quantitative estimate of drug-likeness (QED) is 0.366. The van der Waals surface area contributed by atoms with Crippen molar-refractivity contribution in [1.82, 2.24) is 4.98 Å². The van der Waals surface area contributed by atoms with Crippen molar-refractivity contribution in [2.75, 3.05) is 31.2 Å². The van der Waals surface area contributed by atoms with Crippen LogP contribution in [0.15, 0.2) is 77.6 Å². The van der Waals surface area contributed by atoms with Gasteiger partial charge in [-0.05, 0) is 54.3 Å². The number of nitriles is 1. The summed E-state index contributed by atoms with van der Waals surface area (Å²) in [4.78, 5) is 17.8. The largest absolute Gasteiger partial charge is 0.456 e. The molecule has 0 amide bonds. The second-order valence-corrected chi connectivity index (χ2v) is 9.49. The lowest BCUT2D eigenvalue weighted by atomic mass is 9.91. The summed E-state index contributed by atoms with van der Waals surface area (Å²) in [6.45, 7) is 2.86. The number of para-hydroxylation sites is 1. The molecular weight excluding hydrogens is 462 g/mol. The molecule has 2 aliphatic rings. The van der Waals surface area contributed by atoms with Crippen molar-refractivity contribution in [2.24, 2.45) is 0 Å². The van der Waals surface area contributed by atoms with E-state index in [0.29, 0.717) is 18.8 Å². The summed E-state index contributed by atoms with van der Waals surface area (Å²) in [5, 5.41) is 9.21. The maximum absolute atomic E-state index is 12.6. The number of aryl methyl sites for hydroxylation is 2. The fourth-order valence-corrected chi connectivity index (χ4v) is 5.25. The van der Waals surface area contributed by atoms with Crippen LogP contribution in [0.2, 0.25) is 0 Å². The van der Waals surface area contributed by atoms with Gasteiger partial charge in [-0.2, -0.15) is 5.26 Å². The summed E-state index contributed by atoms with van der Waals surface area (Å²) in [5.74, 6) is 1.65. The summed E-state index contributed by atoms with van der Waals surface area (Å²) in [7, 11) is 0. The lowest BCUT2D eigenvalue weighted by Gasteiger charge is -2.29. The fourth-order valence-electron chi connectivity index (χ4n) is 5.25. The van der Waals surface area contributed by atoms with Gasteiger partial charge in [0, 0.05) is 48.0 Å². The van der Waals surface area contributed by atoms with E-state index in [-0.39, 0.29) is 5.56 Å². The van der Waals surface area contributed by atoms with Crippen molar-refractivity contribution < 1.29 is 9.47 Å². The molecule has 0 unspecified atom stereocenters. The number of nitrogens with one attached hydrogen (secondary N) is 1. The Morgan fingerprint density at radius 2 is 1.78 bits per heavy atom. The van der Waals surface area contributed by atoms with Gasteiger partial charge in [0.05, 0.1) is 30.5 Å². The topological polar surface area (TPSA) is 78.4 Å². The summed E-state index contributed by atoms with van der Waals surface area (Å²) in [6.07, 6.45) is 2.49. The van der Waals surface area contributed by atoms with E-state index in [0.717, 1.165) is 71.9 Å². The molecule has 1 aromatic heterocycles. The molecule has 37 heavy (non-hydrogen) atoms. The number of aromatic amines is 1. The Balaban J connectivity index is 1.30. The Hall–Kier alpha value is -4.34. The van der Waals surface area contributed by atoms with Crippen LogP contribution in [0.3, 0.4) is 0 Å². The number of rotatable bonds is 5. The van der Waals surface area contributed by atoms with E-state index in [1.165, 1.54) is 11.1 Å². The predicted octanol–water partition coefficient (Wildman–Crippen LogP) is 5.23. The lowest BCUT2D eigenvalue weighted by Crippen LogP contribution is -2.36. The third-order valence-corrected chi connectivity index (χ3v) is 7.14.